The summed E-state index contributed by atoms with van der Waals surface area (Å²) < 4.78 is 5.37. The average molecular weight is 240 g/mol. The molecule has 0 radical (unpaired) electrons. The van der Waals surface area contributed by atoms with Crippen LogP contribution in [0.2, 0.25) is 0 Å². The first kappa shape index (κ1) is 12.7. The number of alkyl carbamates (subject to hydrolysis) is 1. The normalized spacial score (nSPS) is 36.7. The van der Waals surface area contributed by atoms with Crippen LogP contribution in [0, 0.1) is 5.41 Å². The second kappa shape index (κ2) is 3.87. The Morgan fingerprint density at radius 3 is 2.65 bits per heavy atom. The molecule has 0 bridgehead atoms. The van der Waals surface area contributed by atoms with Crippen molar-refractivity contribution in [2.24, 2.45) is 5.41 Å². The Kier molecular flexibility index (Phi) is 2.89. The van der Waals surface area contributed by atoms with Gasteiger partial charge in [-0.3, -0.25) is 0 Å². The Morgan fingerprint density at radius 1 is 1.29 bits per heavy atom. The van der Waals surface area contributed by atoms with E-state index in [1.165, 1.54) is 12.8 Å². The van der Waals surface area contributed by atoms with E-state index in [1.807, 2.05) is 20.8 Å². The summed E-state index contributed by atoms with van der Waals surface area (Å²) in [6, 6.07) is 0. The molecule has 2 atom stereocenters. The maximum atomic E-state index is 11.9. The molecule has 17 heavy (non-hydrogen) atoms. The smallest absolute Gasteiger partial charge is 0.408 e. The van der Waals surface area contributed by atoms with Gasteiger partial charge in [0.25, 0.3) is 0 Å². The van der Waals surface area contributed by atoms with E-state index in [9.17, 15) is 4.79 Å². The predicted molar refractivity (Wildman–Crippen MR) is 66.9 cm³/mol. The van der Waals surface area contributed by atoms with Crippen molar-refractivity contribution in [2.45, 2.75) is 58.1 Å². The van der Waals surface area contributed by atoms with Crippen molar-refractivity contribution in [3.05, 3.63) is 0 Å². The highest BCUT2D eigenvalue weighted by Gasteiger charge is 2.56. The summed E-state index contributed by atoms with van der Waals surface area (Å²) in [6.45, 7) is 9.80. The van der Waals surface area contributed by atoms with E-state index in [-0.39, 0.29) is 17.0 Å². The molecule has 0 aromatic heterocycles. The van der Waals surface area contributed by atoms with Crippen LogP contribution in [0.1, 0.15) is 47.0 Å². The lowest BCUT2D eigenvalue weighted by molar-refractivity contribution is 0.0406. The summed E-state index contributed by atoms with van der Waals surface area (Å²) >= 11 is 0. The zero-order chi connectivity index (χ0) is 12.7. The second-order valence-electron chi connectivity index (χ2n) is 6.73. The average Bonchev–Trinajstić information content (AvgIpc) is 2.53. The van der Waals surface area contributed by atoms with Crippen LogP contribution in [0.25, 0.3) is 0 Å². The van der Waals surface area contributed by atoms with Gasteiger partial charge in [-0.2, -0.15) is 0 Å². The molecule has 1 saturated heterocycles. The molecule has 2 rings (SSSR count). The van der Waals surface area contributed by atoms with Gasteiger partial charge >= 0.3 is 6.09 Å². The quantitative estimate of drug-likeness (QED) is 0.737. The van der Waals surface area contributed by atoms with Crippen LogP contribution >= 0.6 is 0 Å². The first-order valence-corrected chi connectivity index (χ1v) is 6.48. The zero-order valence-corrected chi connectivity index (χ0v) is 11.4. The fraction of sp³-hybridized carbons (Fsp3) is 0.923. The maximum Gasteiger partial charge on any atom is 0.408 e. The third-order valence-electron chi connectivity index (χ3n) is 4.17. The Labute approximate surface area is 103 Å². The SMILES string of the molecule is CC(C)(C)OC(=O)NC12CCCC1(C)CNC2. The number of hydrogen-bond acceptors (Lipinski definition) is 3. The number of fused-ring (bicyclic) bond motifs is 1. The van der Waals surface area contributed by atoms with Crippen molar-refractivity contribution in [2.75, 3.05) is 13.1 Å². The molecular weight excluding hydrogens is 216 g/mol. The van der Waals surface area contributed by atoms with Gasteiger partial charge in [0.15, 0.2) is 0 Å². The molecule has 1 aliphatic carbocycles. The first-order valence-electron chi connectivity index (χ1n) is 6.48. The summed E-state index contributed by atoms with van der Waals surface area (Å²) in [5, 5.41) is 6.53. The zero-order valence-electron chi connectivity index (χ0n) is 11.4. The van der Waals surface area contributed by atoms with Gasteiger partial charge in [-0.05, 0) is 33.6 Å². The topological polar surface area (TPSA) is 50.4 Å². The van der Waals surface area contributed by atoms with Gasteiger partial charge in [0.2, 0.25) is 0 Å². The summed E-state index contributed by atoms with van der Waals surface area (Å²) in [4.78, 5) is 11.9. The molecule has 2 unspecified atom stereocenters. The highest BCUT2D eigenvalue weighted by Crippen LogP contribution is 2.48. The number of hydrogen-bond donors (Lipinski definition) is 2. The van der Waals surface area contributed by atoms with Crippen LogP contribution in [0.15, 0.2) is 0 Å². The lowest BCUT2D eigenvalue weighted by atomic mass is 9.76. The Morgan fingerprint density at radius 2 is 2.00 bits per heavy atom. The predicted octanol–water partition coefficient (Wildman–Crippen LogP) is 2.04. The third kappa shape index (κ3) is 2.28. The van der Waals surface area contributed by atoms with Crippen LogP contribution < -0.4 is 10.6 Å². The van der Waals surface area contributed by atoms with E-state index in [4.69, 9.17) is 4.74 Å². The molecule has 2 fully saturated rings. The number of carbonyl (C=O) groups excluding carboxylic acids is 1. The van der Waals surface area contributed by atoms with E-state index >= 15 is 0 Å². The number of rotatable bonds is 1. The van der Waals surface area contributed by atoms with Crippen molar-refractivity contribution in [3.63, 3.8) is 0 Å². The lowest BCUT2D eigenvalue weighted by Crippen LogP contribution is -2.56. The Balaban J connectivity index is 2.05. The third-order valence-corrected chi connectivity index (χ3v) is 4.17. The molecule has 1 heterocycles. The van der Waals surface area contributed by atoms with Crippen LogP contribution in [-0.4, -0.2) is 30.3 Å². The molecule has 2 N–H and O–H groups in total. The summed E-state index contributed by atoms with van der Waals surface area (Å²) in [5.41, 5.74) is -0.346. The minimum atomic E-state index is -0.429. The molecule has 0 aromatic rings. The van der Waals surface area contributed by atoms with Crippen LogP contribution in [0.3, 0.4) is 0 Å². The van der Waals surface area contributed by atoms with Gasteiger partial charge in [0.1, 0.15) is 5.60 Å². The minimum absolute atomic E-state index is 0.102. The molecule has 4 heteroatoms. The maximum absolute atomic E-state index is 11.9. The Hall–Kier alpha value is -0.770. The van der Waals surface area contributed by atoms with Gasteiger partial charge in [0.05, 0.1) is 5.54 Å². The first-order chi connectivity index (χ1) is 7.77. The molecular formula is C13H24N2O2. The number of nitrogens with one attached hydrogen (secondary N) is 2. The number of carbonyl (C=O) groups is 1. The largest absolute Gasteiger partial charge is 0.444 e. The van der Waals surface area contributed by atoms with Crippen molar-refractivity contribution >= 4 is 6.09 Å². The van der Waals surface area contributed by atoms with Gasteiger partial charge < -0.3 is 15.4 Å². The van der Waals surface area contributed by atoms with Crippen molar-refractivity contribution in [1.29, 1.82) is 0 Å². The fourth-order valence-corrected chi connectivity index (χ4v) is 3.19. The second-order valence-corrected chi connectivity index (χ2v) is 6.73. The van der Waals surface area contributed by atoms with Crippen LogP contribution in [-0.2, 0) is 4.74 Å². The molecule has 98 valence electrons. The van der Waals surface area contributed by atoms with Gasteiger partial charge in [-0.25, -0.2) is 4.79 Å². The van der Waals surface area contributed by atoms with Gasteiger partial charge in [0, 0.05) is 18.5 Å². The number of ether oxygens (including phenoxy) is 1. The standard InChI is InChI=1S/C13H24N2O2/c1-11(2,3)17-10(16)15-13-7-5-6-12(13,4)8-14-9-13/h14H,5-9H2,1-4H3,(H,15,16). The van der Waals surface area contributed by atoms with Crippen molar-refractivity contribution in [3.8, 4) is 0 Å². The molecule has 0 aromatic carbocycles. The minimum Gasteiger partial charge on any atom is -0.444 e. The molecule has 1 aliphatic heterocycles. The molecule has 1 saturated carbocycles. The molecule has 2 aliphatic rings. The Bertz CT molecular complexity index is 310. The van der Waals surface area contributed by atoms with Crippen molar-refractivity contribution < 1.29 is 9.53 Å². The highest BCUT2D eigenvalue weighted by molar-refractivity contribution is 5.69. The van der Waals surface area contributed by atoms with Crippen molar-refractivity contribution in [1.82, 2.24) is 10.6 Å². The van der Waals surface area contributed by atoms with Gasteiger partial charge in [-0.1, -0.05) is 13.3 Å². The molecule has 4 nitrogen and oxygen atoms in total. The van der Waals surface area contributed by atoms with Crippen LogP contribution in [0.5, 0.6) is 0 Å². The lowest BCUT2D eigenvalue weighted by Gasteiger charge is -2.38. The van der Waals surface area contributed by atoms with E-state index < -0.39 is 5.60 Å². The monoisotopic (exact) mass is 240 g/mol. The van der Waals surface area contributed by atoms with E-state index in [0.717, 1.165) is 19.5 Å². The summed E-state index contributed by atoms with van der Waals surface area (Å²) in [7, 11) is 0. The summed E-state index contributed by atoms with van der Waals surface area (Å²) in [6.07, 6.45) is 3.13. The fourth-order valence-electron chi connectivity index (χ4n) is 3.19. The summed E-state index contributed by atoms with van der Waals surface area (Å²) in [5.74, 6) is 0. The van der Waals surface area contributed by atoms with E-state index in [2.05, 4.69) is 17.6 Å². The van der Waals surface area contributed by atoms with Gasteiger partial charge in [-0.15, -0.1) is 0 Å². The molecule has 0 spiro atoms. The van der Waals surface area contributed by atoms with E-state index in [0.29, 0.717) is 0 Å². The highest BCUT2D eigenvalue weighted by atomic mass is 16.6. The molecule has 1 amide bonds. The van der Waals surface area contributed by atoms with Crippen LogP contribution in [0.4, 0.5) is 4.79 Å². The van der Waals surface area contributed by atoms with E-state index in [1.54, 1.807) is 0 Å². The number of amides is 1.